The first kappa shape index (κ1) is 34.7. The van der Waals surface area contributed by atoms with Crippen molar-refractivity contribution in [3.8, 4) is 12.1 Å². The fraction of sp³-hybridized carbons (Fsp3) is 0.0882. The first-order valence-corrected chi connectivity index (χ1v) is 15.3. The van der Waals surface area contributed by atoms with Gasteiger partial charge in [0.2, 0.25) is 0 Å². The van der Waals surface area contributed by atoms with Crippen LogP contribution in [0.5, 0.6) is 0 Å². The summed E-state index contributed by atoms with van der Waals surface area (Å²) in [6, 6.07) is 26.0. The number of carbonyl (C=O) groups excluding carboxylic acids is 1. The standard InChI is InChI=1S/C17H12ClN3O.C17H10ClN3O.Mn.2O/c2*18-14-7-13-3-11(1-2-17(13)20-9-14)4-15-5-12(10-22)6-16(8-19)21-15;;;/h1-3,5-7,9,22H,4,10H2;1-3,5-7,9-10H,4H2;;;. The zero-order chi connectivity index (χ0) is 33.8. The third kappa shape index (κ3) is 9.93. The molecule has 13 heteroatoms. The number of rotatable bonds is 6. The van der Waals surface area contributed by atoms with Crippen molar-refractivity contribution in [2.75, 3.05) is 0 Å². The normalized spacial score (nSPS) is 10.1. The van der Waals surface area contributed by atoms with Gasteiger partial charge in [0, 0.05) is 53.0 Å². The van der Waals surface area contributed by atoms with Gasteiger partial charge in [0.05, 0.1) is 27.7 Å². The van der Waals surface area contributed by atoms with E-state index in [9.17, 15) is 9.90 Å². The number of halogens is 2. The van der Waals surface area contributed by atoms with Crippen molar-refractivity contribution < 1.29 is 32.4 Å². The number of hydrogen-bond donors (Lipinski definition) is 1. The van der Waals surface area contributed by atoms with Crippen molar-refractivity contribution in [1.82, 2.24) is 19.9 Å². The first-order valence-electron chi connectivity index (χ1n) is 13.6. The summed E-state index contributed by atoms with van der Waals surface area (Å²) in [5, 5.41) is 30.3. The Balaban J connectivity index is 0.000000197. The van der Waals surface area contributed by atoms with Crippen LogP contribution in [-0.4, -0.2) is 31.3 Å². The Morgan fingerprint density at radius 1 is 0.702 bits per heavy atom. The van der Waals surface area contributed by atoms with Gasteiger partial charge in [0.15, 0.2) is 0 Å². The van der Waals surface area contributed by atoms with Gasteiger partial charge in [-0.25, -0.2) is 9.97 Å². The predicted molar refractivity (Wildman–Crippen MR) is 170 cm³/mol. The molecular weight excluding hydrogens is 682 g/mol. The van der Waals surface area contributed by atoms with Crippen LogP contribution in [0.3, 0.4) is 0 Å². The molecule has 2 aromatic carbocycles. The maximum absolute atomic E-state index is 10.9. The fourth-order valence-electron chi connectivity index (χ4n) is 4.66. The molecule has 0 bridgehead atoms. The van der Waals surface area contributed by atoms with E-state index in [-0.39, 0.29) is 12.3 Å². The number of nitriles is 2. The average Bonchev–Trinajstić information content (AvgIpc) is 3.08. The van der Waals surface area contributed by atoms with Crippen molar-refractivity contribution in [3.63, 3.8) is 0 Å². The summed E-state index contributed by atoms with van der Waals surface area (Å²) < 4.78 is 16.8. The number of aromatic nitrogens is 4. The van der Waals surface area contributed by atoms with Crippen LogP contribution in [0.15, 0.2) is 85.2 Å². The number of benzene rings is 2. The summed E-state index contributed by atoms with van der Waals surface area (Å²) in [6.07, 6.45) is 5.05. The average molecular weight is 704 g/mol. The van der Waals surface area contributed by atoms with Gasteiger partial charge in [-0.1, -0.05) is 35.3 Å². The Labute approximate surface area is 284 Å². The van der Waals surface area contributed by atoms with Crippen molar-refractivity contribution in [3.05, 3.63) is 140 Å². The van der Waals surface area contributed by atoms with Gasteiger partial charge in [0.1, 0.15) is 29.8 Å². The molecule has 6 rings (SSSR count). The van der Waals surface area contributed by atoms with E-state index in [2.05, 4.69) is 19.9 Å². The van der Waals surface area contributed by atoms with E-state index in [0.29, 0.717) is 45.4 Å². The molecular formula is C34H22Cl2MnN6O4. The number of aldehydes is 1. The molecule has 4 aromatic heterocycles. The minimum absolute atomic E-state index is 0.110. The van der Waals surface area contributed by atoms with E-state index < -0.39 is 14.8 Å². The van der Waals surface area contributed by atoms with E-state index >= 15 is 0 Å². The Hall–Kier alpha value is -5.13. The van der Waals surface area contributed by atoms with Gasteiger partial charge in [-0.15, -0.1) is 0 Å². The van der Waals surface area contributed by atoms with Crippen LogP contribution in [0, 0.1) is 22.7 Å². The molecule has 0 fully saturated rings. The molecule has 10 nitrogen and oxygen atoms in total. The predicted octanol–water partition coefficient (Wildman–Crippen LogP) is 6.56. The number of aliphatic hydroxyl groups is 1. The van der Waals surface area contributed by atoms with Gasteiger partial charge in [-0.05, 0) is 77.4 Å². The minimum atomic E-state index is -1.44. The molecule has 0 unspecified atom stereocenters. The van der Waals surface area contributed by atoms with Gasteiger partial charge in [-0.3, -0.25) is 14.8 Å². The molecule has 0 spiro atoms. The second kappa shape index (κ2) is 17.0. The Morgan fingerprint density at radius 3 is 1.66 bits per heavy atom. The molecule has 6 aromatic rings. The fourth-order valence-corrected chi connectivity index (χ4v) is 5.00. The van der Waals surface area contributed by atoms with Gasteiger partial charge in [-0.2, -0.15) is 10.5 Å². The molecule has 0 amide bonds. The zero-order valence-corrected chi connectivity index (χ0v) is 27.0. The number of hydrogen-bond acceptors (Lipinski definition) is 10. The number of nitrogens with zero attached hydrogens (tertiary/aromatic N) is 6. The van der Waals surface area contributed by atoms with E-state index in [1.165, 1.54) is 6.07 Å². The van der Waals surface area contributed by atoms with Crippen molar-refractivity contribution in [2.24, 2.45) is 0 Å². The van der Waals surface area contributed by atoms with Gasteiger partial charge < -0.3 is 5.11 Å². The number of carbonyl (C=O) groups is 1. The third-order valence-electron chi connectivity index (χ3n) is 6.58. The molecule has 233 valence electrons. The molecule has 0 saturated carbocycles. The van der Waals surface area contributed by atoms with E-state index in [0.717, 1.165) is 44.9 Å². The van der Waals surface area contributed by atoms with Crippen LogP contribution >= 0.6 is 23.2 Å². The van der Waals surface area contributed by atoms with Crippen LogP contribution in [0.25, 0.3) is 21.8 Å². The second-order valence-electron chi connectivity index (χ2n) is 9.91. The van der Waals surface area contributed by atoms with Gasteiger partial charge >= 0.3 is 22.5 Å². The van der Waals surface area contributed by atoms with E-state index in [1.807, 2.05) is 60.7 Å². The molecule has 0 atom stereocenters. The Morgan fingerprint density at radius 2 is 1.19 bits per heavy atom. The van der Waals surface area contributed by atoms with Crippen LogP contribution in [-0.2, 0) is 41.9 Å². The number of fused-ring (bicyclic) bond motifs is 2. The molecule has 0 aliphatic heterocycles. The summed E-state index contributed by atoms with van der Waals surface area (Å²) in [5.41, 5.74) is 6.91. The molecule has 4 heterocycles. The number of aliphatic hydroxyl groups excluding tert-OH is 1. The molecule has 47 heavy (non-hydrogen) atoms. The second-order valence-corrected chi connectivity index (χ2v) is 11.0. The SMILES string of the molecule is N#Cc1cc(C=O)cc(Cc2ccc3ncc(Cl)cc3c2)n1.N#Cc1cc(CO)cc(Cc2ccc3ncc(Cl)cc3c2)n1.[O]=[Mn]=[O]. The van der Waals surface area contributed by atoms with Crippen LogP contribution in [0.4, 0.5) is 0 Å². The zero-order valence-electron chi connectivity index (χ0n) is 24.3. The maximum atomic E-state index is 10.9. The van der Waals surface area contributed by atoms with Crippen molar-refractivity contribution in [2.45, 2.75) is 19.4 Å². The van der Waals surface area contributed by atoms with E-state index in [1.54, 1.807) is 30.6 Å². The van der Waals surface area contributed by atoms with Gasteiger partial charge in [0.25, 0.3) is 0 Å². The third-order valence-corrected chi connectivity index (χ3v) is 7.00. The summed E-state index contributed by atoms with van der Waals surface area (Å²) in [5.74, 6) is 0. The number of pyridine rings is 4. The van der Waals surface area contributed by atoms with Crippen molar-refractivity contribution in [1.29, 1.82) is 10.5 Å². The molecule has 0 radical (unpaired) electrons. The topological polar surface area (TPSA) is 171 Å². The van der Waals surface area contributed by atoms with Crippen molar-refractivity contribution >= 4 is 51.3 Å². The Bertz CT molecular complexity index is 2210. The molecule has 0 aliphatic rings. The van der Waals surface area contributed by atoms with Crippen LogP contribution < -0.4 is 0 Å². The summed E-state index contributed by atoms with van der Waals surface area (Å²) in [6.45, 7) is -0.110. The molecule has 0 aliphatic carbocycles. The quantitative estimate of drug-likeness (QED) is 0.148. The first-order chi connectivity index (χ1) is 22.8. The monoisotopic (exact) mass is 703 g/mol. The van der Waals surface area contributed by atoms with E-state index in [4.69, 9.17) is 41.4 Å². The summed E-state index contributed by atoms with van der Waals surface area (Å²) in [7, 11) is 0. The summed E-state index contributed by atoms with van der Waals surface area (Å²) in [4.78, 5) is 27.9. The summed E-state index contributed by atoms with van der Waals surface area (Å²) >= 11 is 10.5. The van der Waals surface area contributed by atoms with Crippen LogP contribution in [0.2, 0.25) is 10.0 Å². The Kier molecular flexibility index (Phi) is 12.5. The molecule has 1 N–H and O–H groups in total. The molecule has 0 saturated heterocycles. The van der Waals surface area contributed by atoms with Crippen LogP contribution in [0.1, 0.15) is 49.8 Å².